The van der Waals surface area contributed by atoms with Gasteiger partial charge in [-0.05, 0) is 84.6 Å². The number of nitrogens with zero attached hydrogens (tertiary/aromatic N) is 2. The highest BCUT2D eigenvalue weighted by atomic mass is 35.5. The number of hydrogen-bond donors (Lipinski definition) is 2. The molecule has 2 fully saturated rings. The van der Waals surface area contributed by atoms with Crippen molar-refractivity contribution in [2.45, 2.75) is 38.8 Å². The Bertz CT molecular complexity index is 1560. The lowest BCUT2D eigenvalue weighted by Crippen LogP contribution is -2.24. The molecule has 2 aliphatic rings. The van der Waals surface area contributed by atoms with Crippen molar-refractivity contribution >= 4 is 57.8 Å². The van der Waals surface area contributed by atoms with Crippen LogP contribution in [-0.2, 0) is 22.7 Å². The van der Waals surface area contributed by atoms with Crippen molar-refractivity contribution in [2.24, 2.45) is 0 Å². The second-order valence-corrected chi connectivity index (χ2v) is 11.3. The summed E-state index contributed by atoms with van der Waals surface area (Å²) in [4.78, 5) is 26.9. The quantitative estimate of drug-likeness (QED) is 0.208. The van der Waals surface area contributed by atoms with Gasteiger partial charge in [-0.1, -0.05) is 53.5 Å². The van der Waals surface area contributed by atoms with Crippen LogP contribution in [0.2, 0.25) is 10.0 Å². The molecule has 43 heavy (non-hydrogen) atoms. The van der Waals surface area contributed by atoms with E-state index < -0.39 is 0 Å². The summed E-state index contributed by atoms with van der Waals surface area (Å²) in [5.74, 6) is -0.175. The van der Waals surface area contributed by atoms with Gasteiger partial charge in [0, 0.05) is 66.1 Å². The van der Waals surface area contributed by atoms with Gasteiger partial charge >= 0.3 is 0 Å². The molecule has 2 N–H and O–H groups in total. The van der Waals surface area contributed by atoms with E-state index in [-0.39, 0.29) is 17.6 Å². The number of nitrogens with one attached hydrogen (secondary N) is 2. The Kier molecular flexibility index (Phi) is 10.2. The maximum Gasteiger partial charge on any atom is 0.227 e. The molecule has 0 bridgehead atoms. The lowest BCUT2D eigenvalue weighted by atomic mass is 10.2. The summed E-state index contributed by atoms with van der Waals surface area (Å²) >= 11 is 11.7. The molecular formula is C34H33Cl2FN4O2. The molecule has 2 heterocycles. The van der Waals surface area contributed by atoms with Crippen LogP contribution in [0.4, 0.5) is 27.1 Å². The first kappa shape index (κ1) is 30.4. The van der Waals surface area contributed by atoms with Crippen LogP contribution in [0, 0.1) is 5.82 Å². The average molecular weight is 620 g/mol. The minimum atomic E-state index is -0.368. The third kappa shape index (κ3) is 8.27. The fourth-order valence-corrected chi connectivity index (χ4v) is 5.30. The van der Waals surface area contributed by atoms with Crippen LogP contribution in [0.5, 0.6) is 0 Å². The highest BCUT2D eigenvalue weighted by molar-refractivity contribution is 6.30. The second-order valence-electron chi connectivity index (χ2n) is 10.5. The molecular weight excluding hydrogens is 586 g/mol. The minimum absolute atomic E-state index is 0.0197. The zero-order chi connectivity index (χ0) is 30.2. The third-order valence-corrected chi connectivity index (χ3v) is 7.87. The molecule has 0 atom stereocenters. The predicted molar refractivity (Wildman–Crippen MR) is 174 cm³/mol. The second kappa shape index (κ2) is 14.4. The van der Waals surface area contributed by atoms with Gasteiger partial charge in [-0.15, -0.1) is 0 Å². The van der Waals surface area contributed by atoms with Crippen molar-refractivity contribution in [3.63, 3.8) is 0 Å². The first-order valence-corrected chi connectivity index (χ1v) is 15.1. The summed E-state index contributed by atoms with van der Waals surface area (Å²) in [6.07, 6.45) is 2.87. The van der Waals surface area contributed by atoms with Crippen LogP contribution in [-0.4, -0.2) is 24.9 Å². The fraction of sp³-hybridized carbons (Fsp3) is 0.235. The Morgan fingerprint density at radius 3 is 1.72 bits per heavy atom. The number of halogens is 3. The predicted octanol–water partition coefficient (Wildman–Crippen LogP) is 8.30. The first-order chi connectivity index (χ1) is 20.9. The van der Waals surface area contributed by atoms with E-state index in [2.05, 4.69) is 10.6 Å². The van der Waals surface area contributed by atoms with E-state index >= 15 is 0 Å². The molecule has 4 aromatic carbocycles. The molecule has 6 rings (SSSR count). The number of carbonyl (C=O) groups excluding carboxylic acids is 2. The number of amides is 2. The SMILES string of the molecule is O=C1CCCN1c1cc(NCc2ccc(Cl)cc2)ccc1F.O=C1CCCN1c1cccc(NCc2ccc(Cl)cc2)c1. The smallest absolute Gasteiger partial charge is 0.227 e. The lowest BCUT2D eigenvalue weighted by Gasteiger charge is -2.18. The van der Waals surface area contributed by atoms with Crippen molar-refractivity contribution < 1.29 is 14.0 Å². The molecule has 2 amide bonds. The topological polar surface area (TPSA) is 64.7 Å². The van der Waals surface area contributed by atoms with Crippen molar-refractivity contribution in [1.29, 1.82) is 0 Å². The summed E-state index contributed by atoms with van der Waals surface area (Å²) in [5, 5.41) is 8.06. The number of anilines is 4. The monoisotopic (exact) mass is 618 g/mol. The molecule has 0 radical (unpaired) electrons. The average Bonchev–Trinajstić information content (AvgIpc) is 3.65. The highest BCUT2D eigenvalue weighted by Crippen LogP contribution is 2.28. The van der Waals surface area contributed by atoms with E-state index in [0.29, 0.717) is 36.6 Å². The molecule has 4 aromatic rings. The van der Waals surface area contributed by atoms with Crippen LogP contribution in [0.3, 0.4) is 0 Å². The zero-order valence-corrected chi connectivity index (χ0v) is 25.2. The van der Waals surface area contributed by atoms with E-state index in [4.69, 9.17) is 23.2 Å². The molecule has 2 saturated heterocycles. The van der Waals surface area contributed by atoms with Gasteiger partial charge in [0.25, 0.3) is 0 Å². The van der Waals surface area contributed by atoms with Gasteiger partial charge in [-0.3, -0.25) is 9.59 Å². The summed E-state index contributed by atoms with van der Waals surface area (Å²) in [6, 6.07) is 28.1. The molecule has 222 valence electrons. The molecule has 0 spiro atoms. The molecule has 0 aliphatic carbocycles. The largest absolute Gasteiger partial charge is 0.381 e. The third-order valence-electron chi connectivity index (χ3n) is 7.36. The number of benzene rings is 4. The summed E-state index contributed by atoms with van der Waals surface area (Å²) < 4.78 is 14.0. The van der Waals surface area contributed by atoms with Gasteiger partial charge in [-0.25, -0.2) is 4.39 Å². The van der Waals surface area contributed by atoms with Crippen LogP contribution in [0.15, 0.2) is 91.0 Å². The molecule has 9 heteroatoms. The Labute approximate surface area is 261 Å². The maximum atomic E-state index is 14.0. The van der Waals surface area contributed by atoms with E-state index in [9.17, 15) is 14.0 Å². The normalized spacial score (nSPS) is 14.5. The molecule has 0 unspecified atom stereocenters. The van der Waals surface area contributed by atoms with Gasteiger partial charge < -0.3 is 20.4 Å². The van der Waals surface area contributed by atoms with E-state index in [0.717, 1.165) is 53.6 Å². The van der Waals surface area contributed by atoms with Gasteiger partial charge in [0.15, 0.2) is 0 Å². The van der Waals surface area contributed by atoms with Crippen molar-refractivity contribution in [3.8, 4) is 0 Å². The standard InChI is InChI=1S/C17H16ClFN2O.C17H17ClN2O/c18-13-5-3-12(4-6-13)11-20-14-7-8-15(19)16(10-14)21-9-1-2-17(21)22;18-14-8-6-13(7-9-14)12-19-15-3-1-4-16(11-15)20-10-2-5-17(20)21/h3-8,10,20H,1-2,9,11H2;1,3-4,6-9,11,19H,2,5,10,12H2. The van der Waals surface area contributed by atoms with Crippen LogP contribution < -0.4 is 20.4 Å². The Balaban J connectivity index is 0.000000171. The molecule has 6 nitrogen and oxygen atoms in total. The van der Waals surface area contributed by atoms with Gasteiger partial charge in [0.1, 0.15) is 5.82 Å². The van der Waals surface area contributed by atoms with E-state index in [1.807, 2.05) is 77.7 Å². The van der Waals surface area contributed by atoms with Gasteiger partial charge in [-0.2, -0.15) is 0 Å². The number of carbonyl (C=O) groups is 2. The van der Waals surface area contributed by atoms with Gasteiger partial charge in [0.05, 0.1) is 5.69 Å². The molecule has 0 saturated carbocycles. The van der Waals surface area contributed by atoms with Crippen molar-refractivity contribution in [3.05, 3.63) is 118 Å². The first-order valence-electron chi connectivity index (χ1n) is 14.3. The Hall–Kier alpha value is -4.07. The summed E-state index contributed by atoms with van der Waals surface area (Å²) in [5.41, 5.74) is 5.37. The zero-order valence-electron chi connectivity index (χ0n) is 23.7. The van der Waals surface area contributed by atoms with E-state index in [1.165, 1.54) is 16.5 Å². The Morgan fingerprint density at radius 2 is 1.19 bits per heavy atom. The fourth-order valence-electron chi connectivity index (χ4n) is 5.05. The minimum Gasteiger partial charge on any atom is -0.381 e. The van der Waals surface area contributed by atoms with Crippen LogP contribution >= 0.6 is 23.2 Å². The highest BCUT2D eigenvalue weighted by Gasteiger charge is 2.24. The molecule has 0 aromatic heterocycles. The number of hydrogen-bond acceptors (Lipinski definition) is 4. The maximum absolute atomic E-state index is 14.0. The van der Waals surface area contributed by atoms with Crippen LogP contribution in [0.25, 0.3) is 0 Å². The number of rotatable bonds is 8. The lowest BCUT2D eigenvalue weighted by molar-refractivity contribution is -0.117. The van der Waals surface area contributed by atoms with Crippen molar-refractivity contribution in [1.82, 2.24) is 0 Å². The van der Waals surface area contributed by atoms with Crippen LogP contribution in [0.1, 0.15) is 36.8 Å². The van der Waals surface area contributed by atoms with Crippen molar-refractivity contribution in [2.75, 3.05) is 33.5 Å². The van der Waals surface area contributed by atoms with Gasteiger partial charge in [0.2, 0.25) is 11.8 Å². The Morgan fingerprint density at radius 1 is 0.651 bits per heavy atom. The van der Waals surface area contributed by atoms with E-state index in [1.54, 1.807) is 12.1 Å². The molecule has 2 aliphatic heterocycles. The summed E-state index contributed by atoms with van der Waals surface area (Å²) in [7, 11) is 0. The summed E-state index contributed by atoms with van der Waals surface area (Å²) in [6.45, 7) is 2.74.